The van der Waals surface area contributed by atoms with Crippen molar-refractivity contribution in [1.82, 2.24) is 9.62 Å². The van der Waals surface area contributed by atoms with Crippen LogP contribution in [0.3, 0.4) is 0 Å². The third-order valence-corrected chi connectivity index (χ3v) is 6.78. The zero-order valence-electron chi connectivity index (χ0n) is 19.1. The van der Waals surface area contributed by atoms with E-state index in [0.29, 0.717) is 5.75 Å². The second-order valence-corrected chi connectivity index (χ2v) is 10.1. The maximum Gasteiger partial charge on any atom is 0.260 e. The van der Waals surface area contributed by atoms with Crippen LogP contribution in [0.1, 0.15) is 31.9 Å². The molecule has 0 saturated carbocycles. The number of nitrogens with one attached hydrogen (secondary N) is 1. The Morgan fingerprint density at radius 2 is 1.30 bits per heavy atom. The Morgan fingerprint density at radius 3 is 1.76 bits per heavy atom. The van der Waals surface area contributed by atoms with E-state index in [4.69, 9.17) is 4.74 Å². The molecule has 3 aromatic rings. The van der Waals surface area contributed by atoms with E-state index in [1.54, 1.807) is 19.1 Å². The lowest BCUT2D eigenvalue weighted by molar-refractivity contribution is -0.127. The first-order chi connectivity index (χ1) is 15.8. The summed E-state index contributed by atoms with van der Waals surface area (Å²) >= 11 is 0. The van der Waals surface area contributed by atoms with Gasteiger partial charge < -0.3 is 10.1 Å². The van der Waals surface area contributed by atoms with Gasteiger partial charge in [0.15, 0.2) is 6.10 Å². The van der Waals surface area contributed by atoms with E-state index in [0.717, 1.165) is 11.1 Å². The number of benzene rings is 3. The molecule has 0 radical (unpaired) electrons. The highest BCUT2D eigenvalue weighted by Crippen LogP contribution is 2.24. The summed E-state index contributed by atoms with van der Waals surface area (Å²) in [6.45, 7) is 5.91. The normalized spacial score (nSPS) is 12.5. The molecule has 0 unspecified atom stereocenters. The van der Waals surface area contributed by atoms with Crippen molar-refractivity contribution < 1.29 is 17.9 Å². The van der Waals surface area contributed by atoms with Crippen LogP contribution in [0.5, 0.6) is 5.75 Å². The summed E-state index contributed by atoms with van der Waals surface area (Å²) in [4.78, 5) is 12.2. The van der Waals surface area contributed by atoms with Crippen molar-refractivity contribution in [3.05, 3.63) is 96.1 Å². The Labute approximate surface area is 196 Å². The Balaban J connectivity index is 1.81. The van der Waals surface area contributed by atoms with Crippen LogP contribution in [-0.4, -0.2) is 30.8 Å². The second kappa shape index (κ2) is 11.1. The molecule has 33 heavy (non-hydrogen) atoms. The van der Waals surface area contributed by atoms with E-state index in [-0.39, 0.29) is 29.9 Å². The van der Waals surface area contributed by atoms with Gasteiger partial charge in [-0.1, -0.05) is 60.7 Å². The van der Waals surface area contributed by atoms with Gasteiger partial charge in [-0.05, 0) is 56.2 Å². The summed E-state index contributed by atoms with van der Waals surface area (Å²) in [5.74, 6) is 0.205. The fraction of sp³-hybridized carbons (Fsp3) is 0.269. The molecule has 0 aliphatic heterocycles. The molecule has 174 valence electrons. The van der Waals surface area contributed by atoms with Gasteiger partial charge >= 0.3 is 0 Å². The van der Waals surface area contributed by atoms with E-state index in [1.165, 1.54) is 16.4 Å². The molecule has 7 heteroatoms. The van der Waals surface area contributed by atoms with Crippen LogP contribution in [0.4, 0.5) is 0 Å². The summed E-state index contributed by atoms with van der Waals surface area (Å²) in [6.07, 6.45) is -0.692. The number of sulfonamides is 1. The van der Waals surface area contributed by atoms with Gasteiger partial charge in [-0.3, -0.25) is 4.79 Å². The fourth-order valence-electron chi connectivity index (χ4n) is 3.30. The minimum atomic E-state index is -3.78. The Bertz CT molecular complexity index is 1090. The largest absolute Gasteiger partial charge is 0.481 e. The lowest BCUT2D eigenvalue weighted by Gasteiger charge is -2.23. The van der Waals surface area contributed by atoms with E-state index < -0.39 is 16.1 Å². The second-order valence-electron chi connectivity index (χ2n) is 8.14. The standard InChI is InChI=1S/C26H30N2O4S/c1-20(2)27-26(29)21(3)32-24-14-16-25(17-15-24)33(30,31)28(18-22-10-6-4-7-11-22)19-23-12-8-5-9-13-23/h4-17,20-21H,18-19H2,1-3H3,(H,27,29)/t21-/m1/s1. The lowest BCUT2D eigenvalue weighted by Crippen LogP contribution is -2.40. The summed E-state index contributed by atoms with van der Waals surface area (Å²) < 4.78 is 34.2. The van der Waals surface area contributed by atoms with Gasteiger partial charge in [0.1, 0.15) is 5.75 Å². The van der Waals surface area contributed by atoms with E-state index in [1.807, 2.05) is 74.5 Å². The zero-order valence-corrected chi connectivity index (χ0v) is 20.0. The van der Waals surface area contributed by atoms with Crippen LogP contribution >= 0.6 is 0 Å². The number of hydrogen-bond donors (Lipinski definition) is 1. The molecule has 0 saturated heterocycles. The third-order valence-electron chi connectivity index (χ3n) is 4.98. The quantitative estimate of drug-likeness (QED) is 0.481. The SMILES string of the molecule is CC(C)NC(=O)[C@@H](C)Oc1ccc(S(=O)(=O)N(Cc2ccccc2)Cc2ccccc2)cc1. The van der Waals surface area contributed by atoms with Gasteiger partial charge in [0.2, 0.25) is 10.0 Å². The predicted octanol–water partition coefficient (Wildman–Crippen LogP) is 4.37. The van der Waals surface area contributed by atoms with Gasteiger partial charge in [-0.25, -0.2) is 8.42 Å². The van der Waals surface area contributed by atoms with Crippen molar-refractivity contribution in [1.29, 1.82) is 0 Å². The van der Waals surface area contributed by atoms with E-state index in [2.05, 4.69) is 5.32 Å². The minimum Gasteiger partial charge on any atom is -0.481 e. The molecule has 0 fully saturated rings. The number of nitrogens with zero attached hydrogens (tertiary/aromatic N) is 1. The molecule has 0 bridgehead atoms. The monoisotopic (exact) mass is 466 g/mol. The summed E-state index contributed by atoms with van der Waals surface area (Å²) in [5, 5.41) is 2.79. The van der Waals surface area contributed by atoms with Crippen molar-refractivity contribution in [2.45, 2.75) is 50.9 Å². The number of carbonyl (C=O) groups is 1. The Kier molecular flexibility index (Phi) is 8.25. The smallest absolute Gasteiger partial charge is 0.260 e. The first-order valence-electron chi connectivity index (χ1n) is 10.9. The molecule has 1 amide bonds. The van der Waals surface area contributed by atoms with E-state index >= 15 is 0 Å². The number of hydrogen-bond acceptors (Lipinski definition) is 4. The molecule has 1 atom stereocenters. The highest BCUT2D eigenvalue weighted by atomic mass is 32.2. The minimum absolute atomic E-state index is 0.0104. The molecule has 0 spiro atoms. The molecule has 0 aliphatic rings. The molecule has 1 N–H and O–H groups in total. The molecule has 6 nitrogen and oxygen atoms in total. The maximum absolute atomic E-state index is 13.5. The van der Waals surface area contributed by atoms with Crippen molar-refractivity contribution in [2.75, 3.05) is 0 Å². The number of ether oxygens (including phenoxy) is 1. The fourth-order valence-corrected chi connectivity index (χ4v) is 4.71. The molecule has 3 aromatic carbocycles. The van der Waals surface area contributed by atoms with Crippen molar-refractivity contribution >= 4 is 15.9 Å². The predicted molar refractivity (Wildman–Crippen MR) is 129 cm³/mol. The summed E-state index contributed by atoms with van der Waals surface area (Å²) in [7, 11) is -3.78. The number of amides is 1. The van der Waals surface area contributed by atoms with Gasteiger partial charge in [0, 0.05) is 19.1 Å². The molecule has 0 heterocycles. The van der Waals surface area contributed by atoms with Gasteiger partial charge in [0.25, 0.3) is 5.91 Å². The molecular weight excluding hydrogens is 436 g/mol. The molecule has 0 aliphatic carbocycles. The van der Waals surface area contributed by atoms with Crippen LogP contribution in [0.15, 0.2) is 89.8 Å². The highest BCUT2D eigenvalue weighted by molar-refractivity contribution is 7.89. The first-order valence-corrected chi connectivity index (χ1v) is 12.3. The highest BCUT2D eigenvalue weighted by Gasteiger charge is 2.25. The summed E-state index contributed by atoms with van der Waals surface area (Å²) in [6, 6.07) is 25.2. The molecule has 3 rings (SSSR count). The van der Waals surface area contributed by atoms with Gasteiger partial charge in [-0.2, -0.15) is 4.31 Å². The maximum atomic E-state index is 13.5. The van der Waals surface area contributed by atoms with E-state index in [9.17, 15) is 13.2 Å². The van der Waals surface area contributed by atoms with Crippen molar-refractivity contribution in [3.63, 3.8) is 0 Å². The topological polar surface area (TPSA) is 75.7 Å². The van der Waals surface area contributed by atoms with Crippen LogP contribution in [0.25, 0.3) is 0 Å². The Morgan fingerprint density at radius 1 is 0.818 bits per heavy atom. The lowest BCUT2D eigenvalue weighted by atomic mass is 10.2. The first kappa shape index (κ1) is 24.5. The molecular formula is C26H30N2O4S. The van der Waals surface area contributed by atoms with Crippen LogP contribution in [0.2, 0.25) is 0 Å². The van der Waals surface area contributed by atoms with Crippen LogP contribution in [-0.2, 0) is 27.9 Å². The average molecular weight is 467 g/mol. The number of carbonyl (C=O) groups excluding carboxylic acids is 1. The third kappa shape index (κ3) is 6.91. The Hall–Kier alpha value is -3.16. The van der Waals surface area contributed by atoms with Crippen LogP contribution < -0.4 is 10.1 Å². The van der Waals surface area contributed by atoms with Crippen LogP contribution in [0, 0.1) is 0 Å². The zero-order chi connectivity index (χ0) is 23.8. The van der Waals surface area contributed by atoms with Crippen molar-refractivity contribution in [2.24, 2.45) is 0 Å². The number of rotatable bonds is 10. The van der Waals surface area contributed by atoms with Crippen molar-refractivity contribution in [3.8, 4) is 5.75 Å². The van der Waals surface area contributed by atoms with Gasteiger partial charge in [-0.15, -0.1) is 0 Å². The summed E-state index contributed by atoms with van der Waals surface area (Å²) in [5.41, 5.74) is 1.81. The van der Waals surface area contributed by atoms with Gasteiger partial charge in [0.05, 0.1) is 4.90 Å². The average Bonchev–Trinajstić information content (AvgIpc) is 2.80. The molecule has 0 aromatic heterocycles.